The van der Waals surface area contributed by atoms with Gasteiger partial charge in [0.1, 0.15) is 5.75 Å². The number of sulfonamides is 1. The van der Waals surface area contributed by atoms with Crippen molar-refractivity contribution in [3.05, 3.63) is 89.4 Å². The summed E-state index contributed by atoms with van der Waals surface area (Å²) in [5, 5.41) is 3.86. The Kier molecular flexibility index (Phi) is 6.57. The summed E-state index contributed by atoms with van der Waals surface area (Å²) in [6.45, 7) is 0.160. The molecule has 0 spiro atoms. The number of benzene rings is 3. The van der Waals surface area contributed by atoms with E-state index in [2.05, 4.69) is 10.0 Å². The van der Waals surface area contributed by atoms with Crippen LogP contribution in [-0.4, -0.2) is 22.1 Å². The van der Waals surface area contributed by atoms with Gasteiger partial charge in [0.05, 0.1) is 23.7 Å². The number of anilines is 1. The molecule has 0 saturated carbocycles. The molecule has 0 amide bonds. The van der Waals surface area contributed by atoms with Crippen molar-refractivity contribution in [1.82, 2.24) is 4.72 Å². The maximum atomic E-state index is 12.6. The smallest absolute Gasteiger partial charge is 0.240 e. The first-order valence-corrected chi connectivity index (χ1v) is 10.6. The lowest BCUT2D eigenvalue weighted by molar-refractivity contribution is 0.416. The molecule has 0 aromatic heterocycles. The van der Waals surface area contributed by atoms with Gasteiger partial charge in [-0.15, -0.1) is 0 Å². The summed E-state index contributed by atoms with van der Waals surface area (Å²) in [5.74, 6) is 0.684. The van der Waals surface area contributed by atoms with E-state index in [1.807, 2.05) is 54.6 Å². The van der Waals surface area contributed by atoms with Crippen molar-refractivity contribution in [3.8, 4) is 5.75 Å². The Bertz CT molecular complexity index is 1010. The molecule has 2 N–H and O–H groups in total. The van der Waals surface area contributed by atoms with E-state index in [9.17, 15) is 8.42 Å². The first-order valence-electron chi connectivity index (χ1n) is 8.69. The standard InChI is InChI=1S/C21H21ClN2O3S/c1-27-21-10-6-5-9-19(21)24-20(16-7-3-2-4-8-16)15-23-28(25,26)18-13-11-17(22)12-14-18/h2-14,20,23-24H,15H2,1H3. The largest absolute Gasteiger partial charge is 0.495 e. The van der Waals surface area contributed by atoms with Crippen molar-refractivity contribution in [3.63, 3.8) is 0 Å². The summed E-state index contributed by atoms with van der Waals surface area (Å²) in [7, 11) is -2.07. The quantitative estimate of drug-likeness (QED) is 0.568. The molecular weight excluding hydrogens is 396 g/mol. The van der Waals surface area contributed by atoms with Crippen LogP contribution in [0.5, 0.6) is 5.75 Å². The van der Waals surface area contributed by atoms with Gasteiger partial charge in [-0.05, 0) is 42.0 Å². The van der Waals surface area contributed by atoms with E-state index in [0.717, 1.165) is 11.3 Å². The van der Waals surface area contributed by atoms with Gasteiger partial charge in [0, 0.05) is 11.6 Å². The lowest BCUT2D eigenvalue weighted by atomic mass is 10.1. The Morgan fingerprint density at radius 3 is 2.25 bits per heavy atom. The van der Waals surface area contributed by atoms with Gasteiger partial charge < -0.3 is 10.1 Å². The third kappa shape index (κ3) is 5.04. The van der Waals surface area contributed by atoms with Crippen LogP contribution in [0.3, 0.4) is 0 Å². The van der Waals surface area contributed by atoms with Crippen LogP contribution in [0.1, 0.15) is 11.6 Å². The van der Waals surface area contributed by atoms with Crippen LogP contribution in [0, 0.1) is 0 Å². The lowest BCUT2D eigenvalue weighted by Gasteiger charge is -2.22. The maximum Gasteiger partial charge on any atom is 0.240 e. The highest BCUT2D eigenvalue weighted by atomic mass is 35.5. The van der Waals surface area contributed by atoms with Crippen LogP contribution in [0.2, 0.25) is 5.02 Å². The summed E-state index contributed by atoms with van der Waals surface area (Å²) < 4.78 is 33.4. The third-order valence-corrected chi connectivity index (χ3v) is 5.93. The van der Waals surface area contributed by atoms with Crippen LogP contribution < -0.4 is 14.8 Å². The van der Waals surface area contributed by atoms with E-state index in [4.69, 9.17) is 16.3 Å². The second-order valence-electron chi connectivity index (χ2n) is 6.11. The number of hydrogen-bond donors (Lipinski definition) is 2. The lowest BCUT2D eigenvalue weighted by Crippen LogP contribution is -2.31. The van der Waals surface area contributed by atoms with E-state index in [1.165, 1.54) is 12.1 Å². The van der Waals surface area contributed by atoms with Gasteiger partial charge in [-0.1, -0.05) is 54.1 Å². The molecule has 1 atom stereocenters. The minimum absolute atomic E-state index is 0.160. The zero-order valence-electron chi connectivity index (χ0n) is 15.3. The van der Waals surface area contributed by atoms with Crippen molar-refractivity contribution in [2.75, 3.05) is 19.0 Å². The van der Waals surface area contributed by atoms with Gasteiger partial charge >= 0.3 is 0 Å². The minimum Gasteiger partial charge on any atom is -0.495 e. The topological polar surface area (TPSA) is 67.4 Å². The molecule has 0 fully saturated rings. The van der Waals surface area contributed by atoms with Gasteiger partial charge in [-0.25, -0.2) is 13.1 Å². The van der Waals surface area contributed by atoms with Gasteiger partial charge in [0.25, 0.3) is 0 Å². The van der Waals surface area contributed by atoms with E-state index in [1.54, 1.807) is 19.2 Å². The van der Waals surface area contributed by atoms with Crippen LogP contribution in [0.15, 0.2) is 83.8 Å². The molecule has 0 aliphatic heterocycles. The molecule has 146 valence electrons. The summed E-state index contributed by atoms with van der Waals surface area (Å²) in [6, 6.07) is 22.9. The molecule has 0 aliphatic carbocycles. The van der Waals surface area contributed by atoms with Crippen molar-refractivity contribution in [2.24, 2.45) is 0 Å². The number of halogens is 1. The Hall–Kier alpha value is -2.54. The fraction of sp³-hybridized carbons (Fsp3) is 0.143. The van der Waals surface area contributed by atoms with Crippen LogP contribution in [0.25, 0.3) is 0 Å². The van der Waals surface area contributed by atoms with Crippen molar-refractivity contribution in [2.45, 2.75) is 10.9 Å². The van der Waals surface area contributed by atoms with E-state index in [0.29, 0.717) is 10.8 Å². The average molecular weight is 417 g/mol. The Balaban J connectivity index is 1.83. The number of ether oxygens (including phenoxy) is 1. The van der Waals surface area contributed by atoms with Crippen molar-refractivity contribution < 1.29 is 13.2 Å². The third-order valence-electron chi connectivity index (χ3n) is 4.24. The van der Waals surface area contributed by atoms with Crippen LogP contribution in [-0.2, 0) is 10.0 Å². The van der Waals surface area contributed by atoms with Crippen LogP contribution in [0.4, 0.5) is 5.69 Å². The Morgan fingerprint density at radius 1 is 0.929 bits per heavy atom. The molecule has 0 radical (unpaired) electrons. The molecule has 3 rings (SSSR count). The molecule has 28 heavy (non-hydrogen) atoms. The van der Waals surface area contributed by atoms with Gasteiger partial charge in [-0.3, -0.25) is 0 Å². The summed E-state index contributed by atoms with van der Waals surface area (Å²) in [4.78, 5) is 0.168. The van der Waals surface area contributed by atoms with E-state index in [-0.39, 0.29) is 17.5 Å². The first-order chi connectivity index (χ1) is 13.5. The maximum absolute atomic E-state index is 12.6. The fourth-order valence-electron chi connectivity index (χ4n) is 2.78. The van der Waals surface area contributed by atoms with E-state index >= 15 is 0 Å². The molecule has 0 saturated heterocycles. The minimum atomic E-state index is -3.67. The molecule has 1 unspecified atom stereocenters. The zero-order valence-corrected chi connectivity index (χ0v) is 16.9. The fourth-order valence-corrected chi connectivity index (χ4v) is 3.95. The average Bonchev–Trinajstić information content (AvgIpc) is 2.72. The predicted octanol–water partition coefficient (Wildman–Crippen LogP) is 4.48. The number of para-hydroxylation sites is 2. The second kappa shape index (κ2) is 9.10. The summed E-state index contributed by atoms with van der Waals surface area (Å²) in [5.41, 5.74) is 1.73. The summed E-state index contributed by atoms with van der Waals surface area (Å²) in [6.07, 6.45) is 0. The monoisotopic (exact) mass is 416 g/mol. The molecule has 0 aliphatic rings. The van der Waals surface area contributed by atoms with Crippen molar-refractivity contribution in [1.29, 1.82) is 0 Å². The Labute approximate surface area is 170 Å². The van der Waals surface area contributed by atoms with E-state index < -0.39 is 10.0 Å². The van der Waals surface area contributed by atoms with Crippen LogP contribution >= 0.6 is 11.6 Å². The molecule has 0 bridgehead atoms. The Morgan fingerprint density at radius 2 is 1.57 bits per heavy atom. The molecule has 3 aromatic carbocycles. The zero-order chi connectivity index (χ0) is 20.0. The normalized spacial score (nSPS) is 12.4. The number of nitrogens with one attached hydrogen (secondary N) is 2. The number of rotatable bonds is 8. The molecule has 5 nitrogen and oxygen atoms in total. The molecule has 7 heteroatoms. The molecular formula is C21H21ClN2O3S. The van der Waals surface area contributed by atoms with Gasteiger partial charge in [0.2, 0.25) is 10.0 Å². The predicted molar refractivity (Wildman–Crippen MR) is 112 cm³/mol. The molecule has 0 heterocycles. The highest BCUT2D eigenvalue weighted by Gasteiger charge is 2.19. The second-order valence-corrected chi connectivity index (χ2v) is 8.32. The van der Waals surface area contributed by atoms with Gasteiger partial charge in [-0.2, -0.15) is 0 Å². The van der Waals surface area contributed by atoms with Gasteiger partial charge in [0.15, 0.2) is 0 Å². The highest BCUT2D eigenvalue weighted by molar-refractivity contribution is 7.89. The highest BCUT2D eigenvalue weighted by Crippen LogP contribution is 2.28. The van der Waals surface area contributed by atoms with Crippen molar-refractivity contribution >= 4 is 27.3 Å². The number of methoxy groups -OCH3 is 1. The summed E-state index contributed by atoms with van der Waals surface area (Å²) >= 11 is 5.85. The number of hydrogen-bond acceptors (Lipinski definition) is 4. The first kappa shape index (κ1) is 20.2. The SMILES string of the molecule is COc1ccccc1NC(CNS(=O)(=O)c1ccc(Cl)cc1)c1ccccc1. The molecule has 3 aromatic rings.